The Morgan fingerprint density at radius 3 is 2.61 bits per heavy atom. The Kier molecular flexibility index (Phi) is 4.03. The molecule has 0 aliphatic heterocycles. The van der Waals surface area contributed by atoms with Crippen molar-refractivity contribution in [1.29, 1.82) is 5.26 Å². The minimum Gasteiger partial charge on any atom is -0.337 e. The summed E-state index contributed by atoms with van der Waals surface area (Å²) >= 11 is 0. The van der Waals surface area contributed by atoms with Gasteiger partial charge < -0.3 is 10.6 Å². The molecule has 0 spiro atoms. The van der Waals surface area contributed by atoms with Crippen molar-refractivity contribution in [2.45, 2.75) is 25.2 Å². The Bertz CT molecular complexity index is 755. The maximum atomic E-state index is 12.1. The SMILES string of the molecule is Cc1ccc(C2(CNC(=O)Nc3cccc(C#N)c3)CC2)cc1. The lowest BCUT2D eigenvalue weighted by Crippen LogP contribution is -2.35. The second kappa shape index (κ2) is 6.13. The second-order valence-electron chi connectivity index (χ2n) is 6.15. The van der Waals surface area contributed by atoms with Crippen LogP contribution in [0.1, 0.15) is 29.5 Å². The smallest absolute Gasteiger partial charge is 0.319 e. The number of aryl methyl sites for hydroxylation is 1. The summed E-state index contributed by atoms with van der Waals surface area (Å²) in [6.07, 6.45) is 2.19. The van der Waals surface area contributed by atoms with E-state index in [0.29, 0.717) is 17.8 Å². The molecule has 0 heterocycles. The number of hydrogen-bond donors (Lipinski definition) is 2. The van der Waals surface area contributed by atoms with Gasteiger partial charge in [0.1, 0.15) is 0 Å². The number of nitrogens with one attached hydrogen (secondary N) is 2. The van der Waals surface area contributed by atoms with Crippen molar-refractivity contribution in [3.05, 3.63) is 65.2 Å². The van der Waals surface area contributed by atoms with Crippen LogP contribution in [0.2, 0.25) is 0 Å². The van der Waals surface area contributed by atoms with E-state index in [-0.39, 0.29) is 11.4 Å². The van der Waals surface area contributed by atoms with Gasteiger partial charge in [0.25, 0.3) is 0 Å². The number of nitrogens with zero attached hydrogens (tertiary/aromatic N) is 1. The van der Waals surface area contributed by atoms with Gasteiger partial charge in [0.15, 0.2) is 0 Å². The molecule has 0 bridgehead atoms. The van der Waals surface area contributed by atoms with Crippen LogP contribution >= 0.6 is 0 Å². The fourth-order valence-electron chi connectivity index (χ4n) is 2.72. The number of urea groups is 1. The molecule has 116 valence electrons. The number of rotatable bonds is 4. The monoisotopic (exact) mass is 305 g/mol. The highest BCUT2D eigenvalue weighted by molar-refractivity contribution is 5.89. The summed E-state index contributed by atoms with van der Waals surface area (Å²) < 4.78 is 0. The first kappa shape index (κ1) is 15.1. The molecule has 0 saturated heterocycles. The molecule has 0 radical (unpaired) electrons. The van der Waals surface area contributed by atoms with Crippen LogP contribution in [-0.2, 0) is 5.41 Å². The first-order chi connectivity index (χ1) is 11.1. The van der Waals surface area contributed by atoms with Gasteiger partial charge in [-0.3, -0.25) is 0 Å². The Balaban J connectivity index is 1.58. The first-order valence-electron chi connectivity index (χ1n) is 7.73. The van der Waals surface area contributed by atoms with E-state index in [2.05, 4.69) is 47.9 Å². The number of hydrogen-bond acceptors (Lipinski definition) is 2. The molecule has 1 aliphatic rings. The lowest BCUT2D eigenvalue weighted by Gasteiger charge is -2.17. The fraction of sp³-hybridized carbons (Fsp3) is 0.263. The minimum atomic E-state index is -0.238. The summed E-state index contributed by atoms with van der Waals surface area (Å²) in [5.41, 5.74) is 3.77. The summed E-state index contributed by atoms with van der Waals surface area (Å²) in [5, 5.41) is 14.6. The van der Waals surface area contributed by atoms with Crippen molar-refractivity contribution in [3.63, 3.8) is 0 Å². The fourth-order valence-corrected chi connectivity index (χ4v) is 2.72. The van der Waals surface area contributed by atoms with Crippen molar-refractivity contribution in [3.8, 4) is 6.07 Å². The maximum Gasteiger partial charge on any atom is 0.319 e. The van der Waals surface area contributed by atoms with E-state index in [1.807, 2.05) is 0 Å². The molecule has 1 fully saturated rings. The van der Waals surface area contributed by atoms with Crippen molar-refractivity contribution in [1.82, 2.24) is 5.32 Å². The van der Waals surface area contributed by atoms with Crippen molar-refractivity contribution < 1.29 is 4.79 Å². The van der Waals surface area contributed by atoms with E-state index in [9.17, 15) is 4.79 Å². The third kappa shape index (κ3) is 3.51. The van der Waals surface area contributed by atoms with Gasteiger partial charge in [0, 0.05) is 17.6 Å². The Morgan fingerprint density at radius 1 is 1.22 bits per heavy atom. The number of carbonyl (C=O) groups is 1. The van der Waals surface area contributed by atoms with Crippen LogP contribution < -0.4 is 10.6 Å². The molecule has 4 nitrogen and oxygen atoms in total. The molecule has 2 aromatic rings. The van der Waals surface area contributed by atoms with E-state index in [4.69, 9.17) is 5.26 Å². The zero-order valence-electron chi connectivity index (χ0n) is 13.1. The molecule has 3 rings (SSSR count). The molecule has 0 aromatic heterocycles. The number of amides is 2. The molecule has 1 saturated carbocycles. The average molecular weight is 305 g/mol. The van der Waals surface area contributed by atoms with Crippen molar-refractivity contribution in [2.24, 2.45) is 0 Å². The number of carbonyl (C=O) groups excluding carboxylic acids is 1. The molecule has 1 aliphatic carbocycles. The average Bonchev–Trinajstić information content (AvgIpc) is 3.35. The van der Waals surface area contributed by atoms with Gasteiger partial charge in [-0.1, -0.05) is 35.9 Å². The number of nitriles is 1. The molecule has 2 aromatic carbocycles. The first-order valence-corrected chi connectivity index (χ1v) is 7.73. The number of anilines is 1. The summed E-state index contributed by atoms with van der Waals surface area (Å²) in [4.78, 5) is 12.1. The summed E-state index contributed by atoms with van der Waals surface area (Å²) in [6.45, 7) is 2.70. The van der Waals surface area contributed by atoms with Crippen LogP contribution in [0.15, 0.2) is 48.5 Å². The molecule has 2 N–H and O–H groups in total. The van der Waals surface area contributed by atoms with Gasteiger partial charge in [-0.25, -0.2) is 4.79 Å². The quantitative estimate of drug-likeness (QED) is 0.904. The van der Waals surface area contributed by atoms with Gasteiger partial charge >= 0.3 is 6.03 Å². The molecule has 0 atom stereocenters. The Hall–Kier alpha value is -2.80. The highest BCUT2D eigenvalue weighted by atomic mass is 16.2. The zero-order chi connectivity index (χ0) is 16.3. The van der Waals surface area contributed by atoms with Crippen LogP contribution in [0.4, 0.5) is 10.5 Å². The highest BCUT2D eigenvalue weighted by Crippen LogP contribution is 2.47. The summed E-state index contributed by atoms with van der Waals surface area (Å²) in [6, 6.07) is 17.2. The minimum absolute atomic E-state index is 0.0829. The zero-order valence-corrected chi connectivity index (χ0v) is 13.1. The summed E-state index contributed by atoms with van der Waals surface area (Å²) in [7, 11) is 0. The van der Waals surface area contributed by atoms with E-state index in [0.717, 1.165) is 12.8 Å². The van der Waals surface area contributed by atoms with Crippen LogP contribution in [0, 0.1) is 18.3 Å². The van der Waals surface area contributed by atoms with Gasteiger partial charge in [-0.05, 0) is 43.5 Å². The van der Waals surface area contributed by atoms with Gasteiger partial charge in [-0.2, -0.15) is 5.26 Å². The van der Waals surface area contributed by atoms with Crippen LogP contribution in [0.25, 0.3) is 0 Å². The molecule has 2 amide bonds. The Morgan fingerprint density at radius 2 is 1.96 bits per heavy atom. The lowest BCUT2D eigenvalue weighted by molar-refractivity contribution is 0.251. The van der Waals surface area contributed by atoms with Crippen LogP contribution in [0.3, 0.4) is 0 Å². The highest BCUT2D eigenvalue weighted by Gasteiger charge is 2.44. The third-order valence-corrected chi connectivity index (χ3v) is 4.35. The normalized spacial score (nSPS) is 14.6. The topological polar surface area (TPSA) is 64.9 Å². The summed E-state index contributed by atoms with van der Waals surface area (Å²) in [5.74, 6) is 0. The number of benzene rings is 2. The third-order valence-electron chi connectivity index (χ3n) is 4.35. The van der Waals surface area contributed by atoms with Crippen molar-refractivity contribution >= 4 is 11.7 Å². The maximum absolute atomic E-state index is 12.1. The largest absolute Gasteiger partial charge is 0.337 e. The molecule has 4 heteroatoms. The van der Waals surface area contributed by atoms with E-state index in [1.54, 1.807) is 24.3 Å². The van der Waals surface area contributed by atoms with Gasteiger partial charge in [0.2, 0.25) is 0 Å². The molecular weight excluding hydrogens is 286 g/mol. The Labute approximate surface area is 136 Å². The molecule has 23 heavy (non-hydrogen) atoms. The van der Waals surface area contributed by atoms with Crippen LogP contribution in [0.5, 0.6) is 0 Å². The van der Waals surface area contributed by atoms with Crippen LogP contribution in [-0.4, -0.2) is 12.6 Å². The van der Waals surface area contributed by atoms with E-state index < -0.39 is 0 Å². The van der Waals surface area contributed by atoms with E-state index >= 15 is 0 Å². The van der Waals surface area contributed by atoms with Gasteiger partial charge in [-0.15, -0.1) is 0 Å². The second-order valence-corrected chi connectivity index (χ2v) is 6.15. The van der Waals surface area contributed by atoms with Gasteiger partial charge in [0.05, 0.1) is 11.6 Å². The molecular formula is C19H19N3O. The lowest BCUT2D eigenvalue weighted by atomic mass is 9.95. The predicted octanol–water partition coefficient (Wildman–Crippen LogP) is 3.72. The molecule has 0 unspecified atom stereocenters. The standard InChI is InChI=1S/C19H19N3O/c1-14-5-7-16(8-6-14)19(9-10-19)13-21-18(23)22-17-4-2-3-15(11-17)12-20/h2-8,11H,9-10,13H2,1H3,(H2,21,22,23). The predicted molar refractivity (Wildman–Crippen MR) is 90.3 cm³/mol. The van der Waals surface area contributed by atoms with E-state index in [1.165, 1.54) is 11.1 Å². The van der Waals surface area contributed by atoms with Crippen molar-refractivity contribution in [2.75, 3.05) is 11.9 Å².